The number of rotatable bonds is 3. The first-order valence-electron chi connectivity index (χ1n) is 9.71. The average molecular weight is 362 g/mol. The summed E-state index contributed by atoms with van der Waals surface area (Å²) in [6, 6.07) is 13.6. The molecule has 2 aromatic carbocycles. The molecule has 0 bridgehead atoms. The largest absolute Gasteiger partial charge is 0.337 e. The molecule has 0 amide bonds. The van der Waals surface area contributed by atoms with E-state index in [4.69, 9.17) is 0 Å². The van der Waals surface area contributed by atoms with E-state index in [2.05, 4.69) is 55.1 Å². The van der Waals surface area contributed by atoms with Crippen LogP contribution in [-0.4, -0.2) is 29.6 Å². The van der Waals surface area contributed by atoms with Crippen molar-refractivity contribution in [2.45, 2.75) is 32.7 Å². The number of fused-ring (bicyclic) bond motifs is 3. The lowest BCUT2D eigenvalue weighted by Crippen LogP contribution is -2.21. The fourth-order valence-corrected chi connectivity index (χ4v) is 4.31. The van der Waals surface area contributed by atoms with Gasteiger partial charge in [-0.2, -0.15) is 0 Å². The van der Waals surface area contributed by atoms with Crippen molar-refractivity contribution >= 4 is 16.5 Å². The molecule has 0 spiro atoms. The summed E-state index contributed by atoms with van der Waals surface area (Å²) in [4.78, 5) is 2.41. The summed E-state index contributed by atoms with van der Waals surface area (Å²) in [6.45, 7) is 10.9. The molecule has 4 rings (SSSR count). The van der Waals surface area contributed by atoms with E-state index in [0.29, 0.717) is 0 Å². The average Bonchev–Trinajstić information content (AvgIpc) is 2.83. The van der Waals surface area contributed by atoms with Crippen LogP contribution in [0.3, 0.4) is 0 Å². The zero-order chi connectivity index (χ0) is 19.1. The van der Waals surface area contributed by atoms with Crippen LogP contribution in [0.15, 0.2) is 49.0 Å². The molecule has 1 aromatic heterocycles. The number of hydrogen-bond acceptors (Lipinski definition) is 1. The number of benzene rings is 2. The molecule has 1 aliphatic rings. The third-order valence-corrected chi connectivity index (χ3v) is 5.96. The summed E-state index contributed by atoms with van der Waals surface area (Å²) < 4.78 is 15.8. The topological polar surface area (TPSA) is 8.17 Å². The molecule has 27 heavy (non-hydrogen) atoms. The van der Waals surface area contributed by atoms with Crippen LogP contribution in [0.25, 0.3) is 16.5 Å². The number of halogens is 1. The predicted octanol–water partition coefficient (Wildman–Crippen LogP) is 5.39. The fraction of sp³-hybridized carbons (Fsp3) is 0.333. The Hall–Kier alpha value is -2.39. The molecule has 0 N–H and O–H groups in total. The maximum atomic E-state index is 13.3. The molecule has 0 radical (unpaired) electrons. The van der Waals surface area contributed by atoms with Crippen LogP contribution in [0, 0.1) is 12.7 Å². The quantitative estimate of drug-likeness (QED) is 0.606. The first-order valence-corrected chi connectivity index (χ1v) is 9.71. The summed E-state index contributed by atoms with van der Waals surface area (Å²) in [5, 5.41) is 1.37. The normalized spacial score (nSPS) is 16.1. The van der Waals surface area contributed by atoms with Crippen molar-refractivity contribution in [3.8, 4) is 0 Å². The molecule has 1 aliphatic heterocycles. The van der Waals surface area contributed by atoms with Gasteiger partial charge in [0.25, 0.3) is 0 Å². The lowest BCUT2D eigenvalue weighted by molar-refractivity contribution is 0.350. The molecule has 0 aliphatic carbocycles. The smallest absolute Gasteiger partial charge is 0.123 e. The number of aryl methyl sites for hydroxylation is 1. The van der Waals surface area contributed by atoms with Gasteiger partial charge in [0, 0.05) is 36.1 Å². The van der Waals surface area contributed by atoms with Gasteiger partial charge in [0.15, 0.2) is 0 Å². The van der Waals surface area contributed by atoms with Gasteiger partial charge < -0.3 is 9.47 Å². The molecule has 0 saturated heterocycles. The molecule has 1 unspecified atom stereocenters. The van der Waals surface area contributed by atoms with E-state index in [-0.39, 0.29) is 11.9 Å². The highest BCUT2D eigenvalue weighted by Gasteiger charge is 2.24. The van der Waals surface area contributed by atoms with Gasteiger partial charge in [-0.1, -0.05) is 30.3 Å². The van der Waals surface area contributed by atoms with E-state index in [1.807, 2.05) is 12.1 Å². The highest BCUT2D eigenvalue weighted by atomic mass is 19.1. The van der Waals surface area contributed by atoms with Gasteiger partial charge >= 0.3 is 0 Å². The summed E-state index contributed by atoms with van der Waals surface area (Å²) >= 11 is 0. The van der Waals surface area contributed by atoms with Crippen molar-refractivity contribution in [3.63, 3.8) is 0 Å². The Balaban J connectivity index is 1.85. The zero-order valence-corrected chi connectivity index (χ0v) is 16.4. The van der Waals surface area contributed by atoms with Gasteiger partial charge in [-0.05, 0) is 68.3 Å². The Morgan fingerprint density at radius 3 is 2.52 bits per heavy atom. The van der Waals surface area contributed by atoms with Crippen LogP contribution in [-0.2, 0) is 12.8 Å². The van der Waals surface area contributed by atoms with Crippen molar-refractivity contribution in [2.24, 2.45) is 0 Å². The minimum atomic E-state index is -0.210. The first-order chi connectivity index (χ1) is 13.0. The van der Waals surface area contributed by atoms with Crippen molar-refractivity contribution in [2.75, 3.05) is 20.1 Å². The van der Waals surface area contributed by atoms with E-state index in [1.165, 1.54) is 39.9 Å². The highest BCUT2D eigenvalue weighted by Crippen LogP contribution is 2.36. The Morgan fingerprint density at radius 2 is 1.78 bits per heavy atom. The monoisotopic (exact) mass is 362 g/mol. The number of likely N-dealkylation sites (N-methyl/N-ethyl adjacent to an activating group) is 1. The molecule has 3 aromatic rings. The molecular formula is C24H27FN2. The number of allylic oxidation sites excluding steroid dienone is 1. The molecular weight excluding hydrogens is 335 g/mol. The van der Waals surface area contributed by atoms with Crippen molar-refractivity contribution < 1.29 is 4.39 Å². The third kappa shape index (κ3) is 3.21. The van der Waals surface area contributed by atoms with Gasteiger partial charge in [0.2, 0.25) is 0 Å². The van der Waals surface area contributed by atoms with E-state index in [9.17, 15) is 4.39 Å². The Kier molecular flexibility index (Phi) is 4.65. The zero-order valence-electron chi connectivity index (χ0n) is 16.4. The van der Waals surface area contributed by atoms with Crippen LogP contribution in [0.1, 0.15) is 35.3 Å². The summed E-state index contributed by atoms with van der Waals surface area (Å²) in [5.74, 6) is -0.210. The van der Waals surface area contributed by atoms with Gasteiger partial charge in [0.1, 0.15) is 5.82 Å². The Bertz CT molecular complexity index is 997. The van der Waals surface area contributed by atoms with Crippen molar-refractivity contribution in [1.29, 1.82) is 0 Å². The maximum absolute atomic E-state index is 13.3. The van der Waals surface area contributed by atoms with Crippen LogP contribution in [0.5, 0.6) is 0 Å². The number of nitrogens with zero attached hydrogens (tertiary/aromatic N) is 2. The van der Waals surface area contributed by atoms with Crippen molar-refractivity contribution in [3.05, 3.63) is 77.2 Å². The molecule has 3 heteroatoms. The number of aromatic nitrogens is 1. The van der Waals surface area contributed by atoms with Gasteiger partial charge in [-0.15, -0.1) is 0 Å². The SMILES string of the molecule is C=C(c1ccc(F)cc1)C(C)n1c2c(c3cc(C)ccc31)CCN(C)CC2. The number of hydrogen-bond donors (Lipinski definition) is 0. The van der Waals surface area contributed by atoms with E-state index >= 15 is 0 Å². The van der Waals surface area contributed by atoms with Crippen molar-refractivity contribution in [1.82, 2.24) is 9.47 Å². The molecule has 2 heterocycles. The molecule has 0 fully saturated rings. The van der Waals surface area contributed by atoms with Crippen LogP contribution in [0.4, 0.5) is 4.39 Å². The molecule has 1 atom stereocenters. The second-order valence-electron chi connectivity index (χ2n) is 7.83. The lowest BCUT2D eigenvalue weighted by atomic mass is 10.0. The summed E-state index contributed by atoms with van der Waals surface area (Å²) in [7, 11) is 2.20. The van der Waals surface area contributed by atoms with Crippen LogP contribution < -0.4 is 0 Å². The van der Waals surface area contributed by atoms with Crippen LogP contribution in [0.2, 0.25) is 0 Å². The summed E-state index contributed by atoms with van der Waals surface area (Å²) in [5.41, 5.74) is 7.51. The standard InChI is InChI=1S/C24H27FN2/c1-16-5-10-23-22(15-16)21-11-13-26(4)14-12-24(21)27(23)18(3)17(2)19-6-8-20(25)9-7-19/h5-10,15,18H,2,11-14H2,1,3-4H3. The Labute approximate surface area is 160 Å². The van der Waals surface area contributed by atoms with Gasteiger partial charge in [0.05, 0.1) is 6.04 Å². The molecule has 2 nitrogen and oxygen atoms in total. The third-order valence-electron chi connectivity index (χ3n) is 5.96. The summed E-state index contributed by atoms with van der Waals surface area (Å²) in [6.07, 6.45) is 2.12. The minimum Gasteiger partial charge on any atom is -0.337 e. The molecule has 140 valence electrons. The minimum absolute atomic E-state index is 0.118. The van der Waals surface area contributed by atoms with Gasteiger partial charge in [-0.3, -0.25) is 0 Å². The highest BCUT2D eigenvalue weighted by molar-refractivity contribution is 5.87. The molecule has 0 saturated carbocycles. The lowest BCUT2D eigenvalue weighted by Gasteiger charge is -2.22. The Morgan fingerprint density at radius 1 is 1.07 bits per heavy atom. The van der Waals surface area contributed by atoms with E-state index < -0.39 is 0 Å². The van der Waals surface area contributed by atoms with Gasteiger partial charge in [-0.25, -0.2) is 4.39 Å². The van der Waals surface area contributed by atoms with Crippen LogP contribution >= 0.6 is 0 Å². The predicted molar refractivity (Wildman–Crippen MR) is 112 cm³/mol. The maximum Gasteiger partial charge on any atom is 0.123 e. The fourth-order valence-electron chi connectivity index (χ4n) is 4.31. The van der Waals surface area contributed by atoms with E-state index in [1.54, 1.807) is 0 Å². The first kappa shape index (κ1) is 18.0. The van der Waals surface area contributed by atoms with E-state index in [0.717, 1.165) is 37.1 Å². The second-order valence-corrected chi connectivity index (χ2v) is 7.83. The second kappa shape index (κ2) is 6.97.